The first kappa shape index (κ1) is 17.8. The number of hydrogen-bond donors (Lipinski definition) is 2. The topological polar surface area (TPSA) is 95.9 Å². The third kappa shape index (κ3) is 4.71. The zero-order valence-corrected chi connectivity index (χ0v) is 13.9. The molecule has 1 aliphatic rings. The number of aryl methyl sites for hydroxylation is 1. The summed E-state index contributed by atoms with van der Waals surface area (Å²) in [7, 11) is 0. The molecule has 1 saturated heterocycles. The number of carbonyl (C=O) groups excluding carboxylic acids is 2. The number of carboxylic acid groups (broad SMARTS) is 1. The predicted octanol–water partition coefficient (Wildman–Crippen LogP) is 1.66. The maximum Gasteiger partial charge on any atom is 0.341 e. The molecular weight excluding hydrogens is 312 g/mol. The lowest BCUT2D eigenvalue weighted by Crippen LogP contribution is -2.40. The predicted molar refractivity (Wildman–Crippen MR) is 87.9 cm³/mol. The second-order valence-corrected chi connectivity index (χ2v) is 5.93. The highest BCUT2D eigenvalue weighted by atomic mass is 16.5. The highest BCUT2D eigenvalue weighted by molar-refractivity contribution is 5.93. The largest absolute Gasteiger partial charge is 0.482 e. The number of amides is 2. The number of nitrogens with zero attached hydrogens (tertiary/aromatic N) is 1. The molecule has 0 saturated carbocycles. The maximum atomic E-state index is 12.4. The molecule has 1 aromatic rings. The van der Waals surface area contributed by atoms with Crippen LogP contribution < -0.4 is 10.1 Å². The van der Waals surface area contributed by atoms with Crippen LogP contribution in [0.1, 0.15) is 25.3 Å². The summed E-state index contributed by atoms with van der Waals surface area (Å²) in [5.74, 6) is -0.713. The van der Waals surface area contributed by atoms with Crippen LogP contribution in [0.4, 0.5) is 5.69 Å². The Morgan fingerprint density at radius 1 is 1.29 bits per heavy atom. The molecule has 0 atom stereocenters. The van der Waals surface area contributed by atoms with Crippen molar-refractivity contribution in [3.05, 3.63) is 23.8 Å². The quantitative estimate of drug-likeness (QED) is 0.854. The van der Waals surface area contributed by atoms with E-state index in [9.17, 15) is 14.4 Å². The minimum atomic E-state index is -1.04. The van der Waals surface area contributed by atoms with Crippen LogP contribution in [0.2, 0.25) is 0 Å². The fourth-order valence-corrected chi connectivity index (χ4v) is 2.70. The van der Waals surface area contributed by atoms with E-state index >= 15 is 0 Å². The molecule has 2 rings (SSSR count). The number of likely N-dealkylation sites (tertiary alicyclic amines) is 1. The molecule has 24 heavy (non-hydrogen) atoms. The van der Waals surface area contributed by atoms with Gasteiger partial charge in [0.2, 0.25) is 11.8 Å². The van der Waals surface area contributed by atoms with Crippen molar-refractivity contribution in [3.63, 3.8) is 0 Å². The van der Waals surface area contributed by atoms with Crippen molar-refractivity contribution in [2.75, 3.05) is 25.0 Å². The monoisotopic (exact) mass is 334 g/mol. The van der Waals surface area contributed by atoms with E-state index in [1.54, 1.807) is 23.1 Å². The van der Waals surface area contributed by atoms with Crippen molar-refractivity contribution in [2.45, 2.75) is 26.7 Å². The van der Waals surface area contributed by atoms with Crippen molar-refractivity contribution < 1.29 is 24.2 Å². The lowest BCUT2D eigenvalue weighted by Gasteiger charge is -2.30. The molecule has 1 aliphatic heterocycles. The number of rotatable bonds is 5. The first-order valence-electron chi connectivity index (χ1n) is 7.88. The van der Waals surface area contributed by atoms with E-state index < -0.39 is 12.6 Å². The van der Waals surface area contributed by atoms with Crippen LogP contribution in [0.25, 0.3) is 0 Å². The number of benzene rings is 1. The van der Waals surface area contributed by atoms with Crippen molar-refractivity contribution in [2.24, 2.45) is 5.92 Å². The van der Waals surface area contributed by atoms with Gasteiger partial charge >= 0.3 is 5.97 Å². The van der Waals surface area contributed by atoms with Gasteiger partial charge in [-0.2, -0.15) is 0 Å². The van der Waals surface area contributed by atoms with Crippen LogP contribution in [0.3, 0.4) is 0 Å². The molecule has 7 heteroatoms. The van der Waals surface area contributed by atoms with Crippen molar-refractivity contribution in [1.82, 2.24) is 4.90 Å². The second kappa shape index (κ2) is 7.81. The van der Waals surface area contributed by atoms with Crippen LogP contribution in [-0.4, -0.2) is 47.5 Å². The first-order chi connectivity index (χ1) is 11.4. The zero-order chi connectivity index (χ0) is 17.7. The van der Waals surface area contributed by atoms with Gasteiger partial charge < -0.3 is 20.1 Å². The number of ether oxygens (including phenoxy) is 1. The van der Waals surface area contributed by atoms with Crippen molar-refractivity contribution >= 4 is 23.5 Å². The summed E-state index contributed by atoms with van der Waals surface area (Å²) in [4.78, 5) is 35.9. The molecule has 1 heterocycles. The lowest BCUT2D eigenvalue weighted by atomic mass is 9.95. The highest BCUT2D eigenvalue weighted by Gasteiger charge is 2.26. The van der Waals surface area contributed by atoms with Gasteiger partial charge in [-0.15, -0.1) is 0 Å². The molecule has 0 unspecified atom stereocenters. The minimum absolute atomic E-state index is 0.0432. The second-order valence-electron chi connectivity index (χ2n) is 5.93. The molecule has 130 valence electrons. The molecule has 7 nitrogen and oxygen atoms in total. The van der Waals surface area contributed by atoms with E-state index in [2.05, 4.69) is 5.32 Å². The molecule has 0 aliphatic carbocycles. The number of aliphatic carboxylic acids is 1. The lowest BCUT2D eigenvalue weighted by molar-refractivity contribution is -0.139. The number of carbonyl (C=O) groups is 3. The van der Waals surface area contributed by atoms with Crippen LogP contribution in [0.15, 0.2) is 18.2 Å². The van der Waals surface area contributed by atoms with E-state index in [1.165, 1.54) is 6.92 Å². The SMILES string of the molecule is CC(=O)N1CCC(C(=O)Nc2ccc(OCC(=O)O)cc2C)CC1. The summed E-state index contributed by atoms with van der Waals surface area (Å²) < 4.78 is 5.11. The van der Waals surface area contributed by atoms with Crippen LogP contribution >= 0.6 is 0 Å². The summed E-state index contributed by atoms with van der Waals surface area (Å²) in [6, 6.07) is 5.02. The van der Waals surface area contributed by atoms with Gasteiger partial charge in [-0.1, -0.05) is 0 Å². The van der Waals surface area contributed by atoms with Gasteiger partial charge in [-0.3, -0.25) is 9.59 Å². The Kier molecular flexibility index (Phi) is 5.78. The number of nitrogens with one attached hydrogen (secondary N) is 1. The van der Waals surface area contributed by atoms with E-state index in [-0.39, 0.29) is 17.7 Å². The molecule has 2 N–H and O–H groups in total. The molecule has 0 radical (unpaired) electrons. The van der Waals surface area contributed by atoms with Crippen molar-refractivity contribution in [1.29, 1.82) is 0 Å². The maximum absolute atomic E-state index is 12.4. The fraction of sp³-hybridized carbons (Fsp3) is 0.471. The standard InChI is InChI=1S/C17H22N2O5/c1-11-9-14(24-10-16(21)22)3-4-15(11)18-17(23)13-5-7-19(8-6-13)12(2)20/h3-4,9,13H,5-8,10H2,1-2H3,(H,18,23)(H,21,22). The Morgan fingerprint density at radius 2 is 1.96 bits per heavy atom. The van der Waals surface area contributed by atoms with E-state index in [0.29, 0.717) is 37.4 Å². The third-order valence-corrected chi connectivity index (χ3v) is 4.13. The number of piperidine rings is 1. The smallest absolute Gasteiger partial charge is 0.341 e. The summed E-state index contributed by atoms with van der Waals surface area (Å²) in [6.07, 6.45) is 1.31. The summed E-state index contributed by atoms with van der Waals surface area (Å²) >= 11 is 0. The molecule has 0 spiro atoms. The molecular formula is C17H22N2O5. The molecule has 0 aromatic heterocycles. The normalized spacial score (nSPS) is 15.0. The third-order valence-electron chi connectivity index (χ3n) is 4.13. The average Bonchev–Trinajstić information content (AvgIpc) is 2.55. The molecule has 1 aromatic carbocycles. The summed E-state index contributed by atoms with van der Waals surface area (Å²) in [5, 5.41) is 11.5. The van der Waals surface area contributed by atoms with Gasteiger partial charge in [0.05, 0.1) is 0 Å². The highest BCUT2D eigenvalue weighted by Crippen LogP contribution is 2.24. The van der Waals surface area contributed by atoms with Crippen LogP contribution in [0, 0.1) is 12.8 Å². The number of anilines is 1. The molecule has 0 bridgehead atoms. The van der Waals surface area contributed by atoms with Gasteiger partial charge in [0.1, 0.15) is 5.75 Å². The van der Waals surface area contributed by atoms with E-state index in [0.717, 1.165) is 5.56 Å². The van der Waals surface area contributed by atoms with Gasteiger partial charge in [-0.05, 0) is 43.5 Å². The number of carboxylic acids is 1. The number of hydrogen-bond acceptors (Lipinski definition) is 4. The summed E-state index contributed by atoms with van der Waals surface area (Å²) in [5.41, 5.74) is 1.48. The Labute approximate surface area is 140 Å². The van der Waals surface area contributed by atoms with Gasteiger partial charge in [-0.25, -0.2) is 4.79 Å². The Morgan fingerprint density at radius 3 is 2.50 bits per heavy atom. The van der Waals surface area contributed by atoms with Crippen molar-refractivity contribution in [3.8, 4) is 5.75 Å². The van der Waals surface area contributed by atoms with Gasteiger partial charge in [0.25, 0.3) is 0 Å². The molecule has 1 fully saturated rings. The van der Waals surface area contributed by atoms with E-state index in [4.69, 9.17) is 9.84 Å². The fourth-order valence-electron chi connectivity index (χ4n) is 2.70. The Balaban J connectivity index is 1.92. The van der Waals surface area contributed by atoms with Gasteiger partial charge in [0, 0.05) is 31.6 Å². The Hall–Kier alpha value is -2.57. The van der Waals surface area contributed by atoms with Gasteiger partial charge in [0.15, 0.2) is 6.61 Å². The van der Waals surface area contributed by atoms with Crippen LogP contribution in [-0.2, 0) is 14.4 Å². The molecule has 2 amide bonds. The van der Waals surface area contributed by atoms with Crippen LogP contribution in [0.5, 0.6) is 5.75 Å². The zero-order valence-electron chi connectivity index (χ0n) is 13.9. The summed E-state index contributed by atoms with van der Waals surface area (Å²) in [6.45, 7) is 4.17. The first-order valence-corrected chi connectivity index (χ1v) is 7.88. The van der Waals surface area contributed by atoms with E-state index in [1.807, 2.05) is 6.92 Å². The minimum Gasteiger partial charge on any atom is -0.482 e. The Bertz CT molecular complexity index is 636. The average molecular weight is 334 g/mol.